The predicted molar refractivity (Wildman–Crippen MR) is 78.7 cm³/mol. The van der Waals surface area contributed by atoms with Crippen molar-refractivity contribution in [3.8, 4) is 0 Å². The lowest BCUT2D eigenvalue weighted by Gasteiger charge is -2.04. The summed E-state index contributed by atoms with van der Waals surface area (Å²) in [5.74, 6) is -0.103. The Labute approximate surface area is 118 Å². The van der Waals surface area contributed by atoms with Crippen molar-refractivity contribution < 1.29 is 4.79 Å². The summed E-state index contributed by atoms with van der Waals surface area (Å²) in [7, 11) is 0. The normalized spacial score (nSPS) is 10.3. The molecule has 2 aromatic rings. The zero-order chi connectivity index (χ0) is 13.0. The van der Waals surface area contributed by atoms with E-state index in [2.05, 4.69) is 26.2 Å². The molecule has 1 aromatic heterocycles. The Bertz CT molecular complexity index is 536. The van der Waals surface area contributed by atoms with E-state index in [-0.39, 0.29) is 5.91 Å². The molecule has 1 heterocycles. The smallest absolute Gasteiger partial charge is 0.267 e. The summed E-state index contributed by atoms with van der Waals surface area (Å²) in [4.78, 5) is 16.6. The van der Waals surface area contributed by atoms with Crippen molar-refractivity contribution in [3.63, 3.8) is 0 Å². The quantitative estimate of drug-likeness (QED) is 0.872. The van der Waals surface area contributed by atoms with Crippen LogP contribution in [0.5, 0.6) is 0 Å². The lowest BCUT2D eigenvalue weighted by atomic mass is 10.1. The third-order valence-corrected chi connectivity index (χ3v) is 3.75. The molecule has 0 aliphatic heterocycles. The van der Waals surface area contributed by atoms with Crippen LogP contribution in [-0.2, 0) is 6.42 Å². The summed E-state index contributed by atoms with van der Waals surface area (Å²) in [6.45, 7) is 1.89. The van der Waals surface area contributed by atoms with Crippen LogP contribution in [0, 0.1) is 6.92 Å². The number of nitrogens with one attached hydrogen (secondary N) is 1. The highest BCUT2D eigenvalue weighted by Crippen LogP contribution is 2.15. The van der Waals surface area contributed by atoms with Crippen LogP contribution in [0.25, 0.3) is 0 Å². The Morgan fingerprint density at radius 3 is 2.67 bits per heavy atom. The molecule has 0 fully saturated rings. The molecule has 0 radical (unpaired) electrons. The minimum atomic E-state index is -0.103. The molecule has 1 aromatic carbocycles. The number of thiazole rings is 1. The van der Waals surface area contributed by atoms with Gasteiger partial charge in [0.15, 0.2) is 0 Å². The highest BCUT2D eigenvalue weighted by atomic mass is 79.9. The number of alkyl halides is 1. The van der Waals surface area contributed by atoms with E-state index < -0.39 is 0 Å². The largest absolute Gasteiger partial charge is 0.321 e. The number of nitrogens with zero attached hydrogens (tertiary/aromatic N) is 1. The Hall–Kier alpha value is -1.20. The van der Waals surface area contributed by atoms with Crippen LogP contribution in [0.1, 0.15) is 20.2 Å². The molecule has 3 nitrogen and oxygen atoms in total. The third-order valence-electron chi connectivity index (χ3n) is 2.44. The molecule has 1 amide bonds. The molecule has 1 N–H and O–H groups in total. The number of hydrogen-bond donors (Lipinski definition) is 1. The number of carbonyl (C=O) groups excluding carboxylic acids is 1. The average Bonchev–Trinajstić information content (AvgIpc) is 2.79. The SMILES string of the molecule is Cc1ncc(C(=O)Nc2ccc(CCBr)cc2)s1. The van der Waals surface area contributed by atoms with Gasteiger partial charge < -0.3 is 5.32 Å². The van der Waals surface area contributed by atoms with E-state index in [1.165, 1.54) is 16.9 Å². The van der Waals surface area contributed by atoms with Crippen molar-refractivity contribution in [2.24, 2.45) is 0 Å². The minimum absolute atomic E-state index is 0.103. The van der Waals surface area contributed by atoms with Crippen molar-refractivity contribution in [2.75, 3.05) is 10.6 Å². The molecule has 0 aliphatic carbocycles. The van der Waals surface area contributed by atoms with Crippen LogP contribution in [0.2, 0.25) is 0 Å². The average molecular weight is 325 g/mol. The molecule has 5 heteroatoms. The van der Waals surface area contributed by atoms with E-state index in [0.717, 1.165) is 22.4 Å². The van der Waals surface area contributed by atoms with Gasteiger partial charge in [-0.25, -0.2) is 4.98 Å². The topological polar surface area (TPSA) is 42.0 Å². The van der Waals surface area contributed by atoms with Crippen LogP contribution in [0.4, 0.5) is 5.69 Å². The van der Waals surface area contributed by atoms with E-state index in [0.29, 0.717) is 4.88 Å². The number of hydrogen-bond acceptors (Lipinski definition) is 3. The van der Waals surface area contributed by atoms with Crippen molar-refractivity contribution in [2.45, 2.75) is 13.3 Å². The van der Waals surface area contributed by atoms with Gasteiger partial charge in [-0.05, 0) is 31.0 Å². The summed E-state index contributed by atoms with van der Waals surface area (Å²) >= 11 is 4.80. The standard InChI is InChI=1S/C13H13BrN2OS/c1-9-15-8-12(18-9)13(17)16-11-4-2-10(3-5-11)6-7-14/h2-5,8H,6-7H2,1H3,(H,16,17). The Balaban J connectivity index is 2.03. The van der Waals surface area contributed by atoms with Crippen molar-refractivity contribution in [1.29, 1.82) is 0 Å². The fourth-order valence-electron chi connectivity index (χ4n) is 1.52. The number of anilines is 1. The third kappa shape index (κ3) is 3.40. The number of carbonyl (C=O) groups is 1. The molecular weight excluding hydrogens is 312 g/mol. The van der Waals surface area contributed by atoms with Gasteiger partial charge in [-0.15, -0.1) is 11.3 Å². The lowest BCUT2D eigenvalue weighted by molar-refractivity contribution is 0.103. The number of halogens is 1. The summed E-state index contributed by atoms with van der Waals surface area (Å²) in [6, 6.07) is 7.89. The zero-order valence-electron chi connectivity index (χ0n) is 9.94. The number of rotatable bonds is 4. The number of aromatic nitrogens is 1. The van der Waals surface area contributed by atoms with E-state index in [9.17, 15) is 4.79 Å². The number of benzene rings is 1. The van der Waals surface area contributed by atoms with E-state index in [1.807, 2.05) is 31.2 Å². The molecule has 0 aliphatic rings. The first-order valence-electron chi connectivity index (χ1n) is 5.58. The maximum absolute atomic E-state index is 11.9. The highest BCUT2D eigenvalue weighted by molar-refractivity contribution is 9.09. The summed E-state index contributed by atoms with van der Waals surface area (Å²) in [6.07, 6.45) is 2.59. The van der Waals surface area contributed by atoms with Crippen LogP contribution < -0.4 is 5.32 Å². The molecule has 0 atom stereocenters. The van der Waals surface area contributed by atoms with Crippen molar-refractivity contribution in [1.82, 2.24) is 4.98 Å². The van der Waals surface area contributed by atoms with Gasteiger partial charge in [0.1, 0.15) is 4.88 Å². The second-order valence-corrected chi connectivity index (χ2v) is 5.86. The Kier molecular flexibility index (Phi) is 4.49. The lowest BCUT2D eigenvalue weighted by Crippen LogP contribution is -2.10. The summed E-state index contributed by atoms with van der Waals surface area (Å²) in [5, 5.41) is 4.70. The van der Waals surface area contributed by atoms with Gasteiger partial charge in [-0.2, -0.15) is 0 Å². The molecular formula is C13H13BrN2OS. The Morgan fingerprint density at radius 1 is 1.39 bits per heavy atom. The van der Waals surface area contributed by atoms with Gasteiger partial charge in [-0.1, -0.05) is 28.1 Å². The molecule has 2 rings (SSSR count). The molecule has 0 unspecified atom stereocenters. The zero-order valence-corrected chi connectivity index (χ0v) is 12.3. The number of amides is 1. The number of aryl methyl sites for hydroxylation is 2. The van der Waals surface area contributed by atoms with Crippen molar-refractivity contribution >= 4 is 38.9 Å². The predicted octanol–water partition coefficient (Wildman–Crippen LogP) is 3.64. The van der Waals surface area contributed by atoms with Gasteiger partial charge >= 0.3 is 0 Å². The van der Waals surface area contributed by atoms with E-state index in [4.69, 9.17) is 0 Å². The Morgan fingerprint density at radius 2 is 2.11 bits per heavy atom. The van der Waals surface area contributed by atoms with Crippen LogP contribution >= 0.6 is 27.3 Å². The van der Waals surface area contributed by atoms with Gasteiger partial charge in [-0.3, -0.25) is 4.79 Å². The first-order chi connectivity index (χ1) is 8.69. The van der Waals surface area contributed by atoms with Gasteiger partial charge in [0, 0.05) is 11.0 Å². The maximum atomic E-state index is 11.9. The van der Waals surface area contributed by atoms with Gasteiger partial charge in [0.25, 0.3) is 5.91 Å². The van der Waals surface area contributed by atoms with Crippen LogP contribution in [0.15, 0.2) is 30.5 Å². The molecule has 0 bridgehead atoms. The first kappa shape index (κ1) is 13.2. The molecule has 0 spiro atoms. The van der Waals surface area contributed by atoms with Crippen LogP contribution in [-0.4, -0.2) is 16.2 Å². The molecule has 18 heavy (non-hydrogen) atoms. The monoisotopic (exact) mass is 324 g/mol. The fourth-order valence-corrected chi connectivity index (χ4v) is 2.65. The van der Waals surface area contributed by atoms with Gasteiger partial charge in [0.05, 0.1) is 11.2 Å². The molecule has 0 saturated heterocycles. The molecule has 0 saturated carbocycles. The summed E-state index contributed by atoms with van der Waals surface area (Å²) in [5.41, 5.74) is 2.06. The van der Waals surface area contributed by atoms with Gasteiger partial charge in [0.2, 0.25) is 0 Å². The second-order valence-electron chi connectivity index (χ2n) is 3.83. The first-order valence-corrected chi connectivity index (χ1v) is 7.51. The van der Waals surface area contributed by atoms with E-state index in [1.54, 1.807) is 6.20 Å². The van der Waals surface area contributed by atoms with E-state index >= 15 is 0 Å². The fraction of sp³-hybridized carbons (Fsp3) is 0.231. The summed E-state index contributed by atoms with van der Waals surface area (Å²) < 4.78 is 0. The van der Waals surface area contributed by atoms with Crippen molar-refractivity contribution in [3.05, 3.63) is 45.9 Å². The highest BCUT2D eigenvalue weighted by Gasteiger charge is 2.08. The van der Waals surface area contributed by atoms with Crippen LogP contribution in [0.3, 0.4) is 0 Å². The minimum Gasteiger partial charge on any atom is -0.321 e. The second kappa shape index (κ2) is 6.11. The molecule has 94 valence electrons. The maximum Gasteiger partial charge on any atom is 0.267 e.